The van der Waals surface area contributed by atoms with Crippen LogP contribution in [-0.2, 0) is 12.1 Å². The Morgan fingerprint density at radius 2 is 1.60 bits per heavy atom. The van der Waals surface area contributed by atoms with Crippen molar-refractivity contribution in [2.24, 2.45) is 0 Å². The van der Waals surface area contributed by atoms with Crippen LogP contribution in [0.1, 0.15) is 149 Å². The quantitative estimate of drug-likeness (QED) is 0.103. The second-order valence-corrected chi connectivity index (χ2v) is 15.3. The molecular weight excluding hydrogens is 676 g/mol. The van der Waals surface area contributed by atoms with Crippen molar-refractivity contribution < 1.29 is 27.1 Å². The van der Waals surface area contributed by atoms with Gasteiger partial charge in [0.25, 0.3) is 0 Å². The number of carbonyl (C=O) groups is 1. The number of amides is 2. The molecule has 294 valence electrons. The van der Waals surface area contributed by atoms with Crippen molar-refractivity contribution in [3.05, 3.63) is 23.3 Å². The molecule has 2 aromatic rings. The second-order valence-electron chi connectivity index (χ2n) is 15.3. The summed E-state index contributed by atoms with van der Waals surface area (Å²) in [6, 6.07) is -0.543. The largest absolute Gasteiger partial charge is 0.454 e. The highest BCUT2D eigenvalue weighted by Gasteiger charge is 2.50. The van der Waals surface area contributed by atoms with Crippen LogP contribution in [0, 0.1) is 5.82 Å². The summed E-state index contributed by atoms with van der Waals surface area (Å²) in [5.41, 5.74) is 0.540. The zero-order valence-electron chi connectivity index (χ0n) is 32.3. The molecule has 14 heteroatoms. The van der Waals surface area contributed by atoms with E-state index in [4.69, 9.17) is 0 Å². The second kappa shape index (κ2) is 18.7. The molecule has 0 radical (unpaired) electrons. The first kappa shape index (κ1) is 41.6. The molecule has 2 aliphatic heterocycles. The van der Waals surface area contributed by atoms with Gasteiger partial charge in [-0.05, 0) is 46.1 Å². The molecule has 4 heterocycles. The monoisotopic (exact) mass is 738 g/mol. The minimum atomic E-state index is -4.60. The molecular formula is C38H62F4N8O2. The number of nitrogens with zero attached hydrogens (tertiary/aromatic N) is 6. The van der Waals surface area contributed by atoms with Gasteiger partial charge in [-0.1, -0.05) is 98.3 Å². The Balaban J connectivity index is 1.64. The summed E-state index contributed by atoms with van der Waals surface area (Å²) in [6.45, 7) is 14.1. The van der Waals surface area contributed by atoms with Crippen molar-refractivity contribution in [1.29, 1.82) is 0 Å². The summed E-state index contributed by atoms with van der Waals surface area (Å²) in [7, 11) is 0. The van der Waals surface area contributed by atoms with Gasteiger partial charge >= 0.3 is 18.2 Å². The van der Waals surface area contributed by atoms with Crippen molar-refractivity contribution in [3.63, 3.8) is 0 Å². The number of carbonyl (C=O) groups excluding carboxylic acids is 1. The van der Waals surface area contributed by atoms with Gasteiger partial charge in [0.2, 0.25) is 0 Å². The van der Waals surface area contributed by atoms with Crippen molar-refractivity contribution in [1.82, 2.24) is 34.9 Å². The smallest absolute Gasteiger partial charge is 0.422 e. The van der Waals surface area contributed by atoms with Gasteiger partial charge in [-0.15, -0.1) is 0 Å². The highest BCUT2D eigenvalue weighted by Crippen LogP contribution is 2.44. The molecule has 0 unspecified atom stereocenters. The summed E-state index contributed by atoms with van der Waals surface area (Å²) in [6.07, 6.45) is 13.0. The number of hydrogen-bond donors (Lipinski definition) is 2. The van der Waals surface area contributed by atoms with Gasteiger partial charge in [-0.2, -0.15) is 23.3 Å². The van der Waals surface area contributed by atoms with E-state index in [1.165, 1.54) is 25.7 Å². The summed E-state index contributed by atoms with van der Waals surface area (Å²) >= 11 is 0. The molecule has 2 aliphatic rings. The lowest BCUT2D eigenvalue weighted by Gasteiger charge is -2.56. The van der Waals surface area contributed by atoms with E-state index in [1.807, 2.05) is 18.7 Å². The molecule has 52 heavy (non-hydrogen) atoms. The van der Waals surface area contributed by atoms with E-state index in [0.29, 0.717) is 17.8 Å². The highest BCUT2D eigenvalue weighted by molar-refractivity contribution is 5.78. The van der Waals surface area contributed by atoms with Crippen LogP contribution in [0.15, 0.2) is 6.20 Å². The predicted molar refractivity (Wildman–Crippen MR) is 196 cm³/mol. The van der Waals surface area contributed by atoms with Crippen LogP contribution in [0.25, 0.3) is 0 Å². The van der Waals surface area contributed by atoms with Gasteiger partial charge in [-0.3, -0.25) is 10.00 Å². The fourth-order valence-corrected chi connectivity index (χ4v) is 7.93. The topological polar surface area (TPSA) is 103 Å². The van der Waals surface area contributed by atoms with Crippen LogP contribution in [0.3, 0.4) is 0 Å². The number of halogens is 4. The number of aromatic nitrogens is 4. The van der Waals surface area contributed by atoms with Crippen molar-refractivity contribution in [2.75, 3.05) is 31.6 Å². The molecule has 0 bridgehead atoms. The van der Waals surface area contributed by atoms with E-state index >= 15 is 4.79 Å². The number of unbranched alkanes of at least 4 members (excludes halogenated alkanes) is 8. The van der Waals surface area contributed by atoms with E-state index in [2.05, 4.69) is 67.7 Å². The normalized spacial score (nSPS) is 18.5. The molecule has 1 fully saturated rings. The van der Waals surface area contributed by atoms with E-state index in [1.54, 1.807) is 0 Å². The molecule has 0 aromatic carbocycles. The number of ether oxygens (including phenoxy) is 1. The van der Waals surface area contributed by atoms with Gasteiger partial charge in [0.1, 0.15) is 0 Å². The van der Waals surface area contributed by atoms with E-state index in [-0.39, 0.29) is 35.8 Å². The summed E-state index contributed by atoms with van der Waals surface area (Å²) in [5, 5.41) is 10.2. The molecule has 1 atom stereocenters. The average molecular weight is 739 g/mol. The Morgan fingerprint density at radius 1 is 0.962 bits per heavy atom. The van der Waals surface area contributed by atoms with Crippen LogP contribution >= 0.6 is 0 Å². The number of fused-ring (bicyclic) bond motifs is 1. The van der Waals surface area contributed by atoms with Crippen LogP contribution in [-0.4, -0.2) is 84.9 Å². The van der Waals surface area contributed by atoms with Gasteiger partial charge in [0.15, 0.2) is 24.1 Å². The maximum Gasteiger partial charge on any atom is 0.422 e. The standard InChI is InChI=1S/C38H62F4N8O2/c1-7-11-15-19-28-24-48(22-18-14-10-4)37(20-16-12-8-2,21-17-13-9-3)26-49(28)35(51)50-25-29-31(36(50,5)6)46-47-32(29)44-33-30(39)23-43-34(45-33)52-27-38(40,41)42/h23,28H,7-22,24-27H2,1-6H3,(H2,43,44,45,46,47)/t28-/m0/s1. The lowest BCUT2D eigenvalue weighted by Crippen LogP contribution is -2.68. The first-order valence-corrected chi connectivity index (χ1v) is 19.7. The van der Waals surface area contributed by atoms with Gasteiger partial charge in [0, 0.05) is 30.2 Å². The van der Waals surface area contributed by atoms with Crippen LogP contribution in [0.2, 0.25) is 0 Å². The summed E-state index contributed by atoms with van der Waals surface area (Å²) in [5.74, 6) is -1.01. The third-order valence-electron chi connectivity index (χ3n) is 10.9. The minimum absolute atomic E-state index is 0.0123. The fraction of sp³-hybridized carbons (Fsp3) is 0.789. The lowest BCUT2D eigenvalue weighted by molar-refractivity contribution is -0.154. The molecule has 4 rings (SSSR count). The number of urea groups is 1. The molecule has 2 aromatic heterocycles. The number of alkyl halides is 3. The molecule has 10 nitrogen and oxygen atoms in total. The number of rotatable bonds is 20. The first-order chi connectivity index (χ1) is 24.8. The number of nitrogens with one attached hydrogen (secondary N) is 2. The van der Waals surface area contributed by atoms with Crippen molar-refractivity contribution in [2.45, 2.75) is 168 Å². The highest BCUT2D eigenvalue weighted by atomic mass is 19.4. The Labute approximate surface area is 307 Å². The molecule has 1 saturated heterocycles. The number of anilines is 2. The number of H-pyrrole nitrogens is 1. The maximum atomic E-state index is 15.1. The maximum absolute atomic E-state index is 15.1. The number of piperazine rings is 1. The first-order valence-electron chi connectivity index (χ1n) is 19.7. The minimum Gasteiger partial charge on any atom is -0.454 e. The van der Waals surface area contributed by atoms with E-state index < -0.39 is 30.1 Å². The molecule has 2 amide bonds. The van der Waals surface area contributed by atoms with Gasteiger partial charge in [0.05, 0.1) is 24.0 Å². The number of aromatic amines is 1. The summed E-state index contributed by atoms with van der Waals surface area (Å²) in [4.78, 5) is 29.3. The number of hydrogen-bond acceptors (Lipinski definition) is 7. The predicted octanol–water partition coefficient (Wildman–Crippen LogP) is 9.85. The van der Waals surface area contributed by atoms with Crippen LogP contribution in [0.4, 0.5) is 34.0 Å². The lowest BCUT2D eigenvalue weighted by atomic mass is 9.80. The molecule has 0 spiro atoms. The molecule has 0 saturated carbocycles. The average Bonchev–Trinajstić information content (AvgIpc) is 3.62. The fourth-order valence-electron chi connectivity index (χ4n) is 7.93. The Kier molecular flexibility index (Phi) is 15.0. The van der Waals surface area contributed by atoms with Crippen molar-refractivity contribution >= 4 is 17.7 Å². The SMILES string of the molecule is CCCCC[C@H]1CN(CCCCC)C(CCCCC)(CCCCC)CN1C(=O)N1Cc2c(Nc3nc(OCC(F)(F)F)ncc3F)n[nH]c2C1(C)C. The Morgan fingerprint density at radius 3 is 2.23 bits per heavy atom. The van der Waals surface area contributed by atoms with E-state index in [9.17, 15) is 17.6 Å². The molecule has 0 aliphatic carbocycles. The third-order valence-corrected chi connectivity index (χ3v) is 10.9. The van der Waals surface area contributed by atoms with Gasteiger partial charge < -0.3 is 19.9 Å². The Hall–Kier alpha value is -3.16. The third kappa shape index (κ3) is 10.3. The van der Waals surface area contributed by atoms with Crippen LogP contribution < -0.4 is 10.1 Å². The van der Waals surface area contributed by atoms with Crippen molar-refractivity contribution in [3.8, 4) is 6.01 Å². The zero-order valence-corrected chi connectivity index (χ0v) is 32.3. The van der Waals surface area contributed by atoms with Gasteiger partial charge in [-0.25, -0.2) is 14.2 Å². The molecule has 2 N–H and O–H groups in total. The zero-order chi connectivity index (χ0) is 37.9. The summed E-state index contributed by atoms with van der Waals surface area (Å²) < 4.78 is 57.6. The van der Waals surface area contributed by atoms with E-state index in [0.717, 1.165) is 89.9 Å². The van der Waals surface area contributed by atoms with Crippen LogP contribution in [0.5, 0.6) is 6.01 Å². The Bertz CT molecular complexity index is 1410.